The van der Waals surface area contributed by atoms with Crippen LogP contribution in [0, 0.1) is 25.6 Å². The summed E-state index contributed by atoms with van der Waals surface area (Å²) in [5.41, 5.74) is 2.62. The van der Waals surface area contributed by atoms with E-state index in [1.54, 1.807) is 6.07 Å². The monoisotopic (exact) mass is 520 g/mol. The maximum atomic E-state index is 15.0. The molecule has 9 nitrogen and oxygen atoms in total. The van der Waals surface area contributed by atoms with E-state index in [1.807, 2.05) is 30.5 Å². The average molecular weight is 521 g/mol. The molecule has 0 spiro atoms. The molecule has 1 amide bonds. The van der Waals surface area contributed by atoms with Gasteiger partial charge in [0.15, 0.2) is 5.65 Å². The maximum Gasteiger partial charge on any atom is 0.293 e. The summed E-state index contributed by atoms with van der Waals surface area (Å²) in [7, 11) is 0. The van der Waals surface area contributed by atoms with E-state index in [1.165, 1.54) is 12.3 Å². The van der Waals surface area contributed by atoms with Crippen LogP contribution in [0.15, 0.2) is 34.9 Å². The molecule has 196 valence electrons. The minimum atomic E-state index is -0.830. The molecule has 2 saturated carbocycles. The van der Waals surface area contributed by atoms with Crippen molar-refractivity contribution in [3.8, 4) is 11.1 Å². The highest BCUT2D eigenvalue weighted by molar-refractivity contribution is 6.02. The molecule has 3 aromatic heterocycles. The number of carbonyl (C=O) groups is 1. The number of rotatable bonds is 5. The number of nitrogens with zero attached hydrogens (tertiary/aromatic N) is 5. The third-order valence-electron chi connectivity index (χ3n) is 8.02. The summed E-state index contributed by atoms with van der Waals surface area (Å²) in [6.45, 7) is 6.33. The summed E-state index contributed by atoms with van der Waals surface area (Å²) in [6, 6.07) is 6.92. The minimum Gasteiger partial charge on any atom is -0.435 e. The molecule has 2 aliphatic carbocycles. The van der Waals surface area contributed by atoms with Gasteiger partial charge >= 0.3 is 0 Å². The van der Waals surface area contributed by atoms with Crippen LogP contribution in [-0.2, 0) is 10.2 Å². The Morgan fingerprint density at radius 3 is 2.71 bits per heavy atom. The van der Waals surface area contributed by atoms with Gasteiger partial charge in [-0.1, -0.05) is 0 Å². The van der Waals surface area contributed by atoms with E-state index < -0.39 is 17.9 Å². The highest BCUT2D eigenvalue weighted by Crippen LogP contribution is 2.68. The minimum absolute atomic E-state index is 0.0221. The van der Waals surface area contributed by atoms with Gasteiger partial charge in [0.25, 0.3) is 5.91 Å². The first kappa shape index (κ1) is 23.3. The Labute approximate surface area is 216 Å². The van der Waals surface area contributed by atoms with Gasteiger partial charge in [-0.2, -0.15) is 4.52 Å². The van der Waals surface area contributed by atoms with Crippen molar-refractivity contribution < 1.29 is 22.7 Å². The van der Waals surface area contributed by atoms with Crippen molar-refractivity contribution in [1.29, 1.82) is 0 Å². The second-order valence-electron chi connectivity index (χ2n) is 10.4. The summed E-state index contributed by atoms with van der Waals surface area (Å²) in [6.07, 6.45) is 1.55. The first-order chi connectivity index (χ1) is 18.3. The number of ether oxygens (including phenoxy) is 1. The maximum absolute atomic E-state index is 15.0. The molecule has 0 radical (unpaired) electrons. The second kappa shape index (κ2) is 8.32. The van der Waals surface area contributed by atoms with Gasteiger partial charge in [-0.05, 0) is 67.6 Å². The van der Waals surface area contributed by atoms with Gasteiger partial charge in [-0.3, -0.25) is 4.79 Å². The predicted octanol–water partition coefficient (Wildman–Crippen LogP) is 4.23. The number of carbonyl (C=O) groups excluding carboxylic acids is 1. The largest absolute Gasteiger partial charge is 0.435 e. The predicted molar refractivity (Wildman–Crippen MR) is 135 cm³/mol. The summed E-state index contributed by atoms with van der Waals surface area (Å²) >= 11 is 0. The lowest BCUT2D eigenvalue weighted by Crippen LogP contribution is -2.37. The fourth-order valence-electron chi connectivity index (χ4n) is 5.83. The van der Waals surface area contributed by atoms with Crippen LogP contribution < -0.4 is 10.2 Å². The zero-order valence-electron chi connectivity index (χ0n) is 21.0. The van der Waals surface area contributed by atoms with Gasteiger partial charge in [0.1, 0.15) is 23.6 Å². The molecule has 3 unspecified atom stereocenters. The topological polar surface area (TPSA) is 97.8 Å². The van der Waals surface area contributed by atoms with Crippen molar-refractivity contribution in [3.05, 3.63) is 59.3 Å². The number of aryl methyl sites for hydroxylation is 2. The van der Waals surface area contributed by atoms with Crippen molar-refractivity contribution in [3.63, 3.8) is 0 Å². The summed E-state index contributed by atoms with van der Waals surface area (Å²) in [5, 5.41) is 7.18. The van der Waals surface area contributed by atoms with Crippen LogP contribution in [0.1, 0.15) is 40.7 Å². The van der Waals surface area contributed by atoms with E-state index in [9.17, 15) is 9.18 Å². The number of benzene rings is 1. The quantitative estimate of drug-likeness (QED) is 0.421. The molecular weight excluding hydrogens is 494 g/mol. The molecule has 0 bridgehead atoms. The van der Waals surface area contributed by atoms with Crippen LogP contribution >= 0.6 is 0 Å². The number of oxazole rings is 1. The fraction of sp³-hybridized carbons (Fsp3) is 0.407. The number of hydrogen-bond donors (Lipinski definition) is 1. The van der Waals surface area contributed by atoms with Crippen molar-refractivity contribution in [2.75, 3.05) is 36.5 Å². The number of fused-ring (bicyclic) bond motifs is 2. The standard InChI is InChI=1S/C27H26F2N6O3/c1-14-7-19(28)21(32-25(36)22-13-30-26(38-22)27-11-18(27)20(29)12-27)10-17(14)16-8-23-31-15(2)33-35(23)24(9-16)34-3-5-37-6-4-34/h7-10,13,18,20H,3-6,11-12H2,1-2H3,(H,32,36). The van der Waals surface area contributed by atoms with Gasteiger partial charge in [0, 0.05) is 19.0 Å². The molecule has 3 aliphatic rings. The van der Waals surface area contributed by atoms with E-state index in [2.05, 4.69) is 25.3 Å². The zero-order valence-corrected chi connectivity index (χ0v) is 21.0. The Morgan fingerprint density at radius 1 is 1.16 bits per heavy atom. The van der Waals surface area contributed by atoms with Gasteiger partial charge in [-0.25, -0.2) is 18.7 Å². The number of morpholine rings is 1. The molecule has 1 N–H and O–H groups in total. The van der Waals surface area contributed by atoms with Crippen molar-refractivity contribution >= 4 is 23.1 Å². The van der Waals surface area contributed by atoms with Gasteiger partial charge in [-0.15, -0.1) is 5.10 Å². The van der Waals surface area contributed by atoms with E-state index in [0.717, 1.165) is 16.9 Å². The van der Waals surface area contributed by atoms with Gasteiger partial charge in [0.05, 0.1) is 30.5 Å². The van der Waals surface area contributed by atoms with Crippen molar-refractivity contribution in [1.82, 2.24) is 19.6 Å². The van der Waals surface area contributed by atoms with E-state index >= 15 is 4.39 Å². The molecule has 3 atom stereocenters. The lowest BCUT2D eigenvalue weighted by Gasteiger charge is -2.29. The zero-order chi connectivity index (χ0) is 26.2. The third-order valence-corrected chi connectivity index (χ3v) is 8.02. The van der Waals surface area contributed by atoms with Crippen LogP contribution in [-0.4, -0.2) is 58.0 Å². The molecule has 38 heavy (non-hydrogen) atoms. The summed E-state index contributed by atoms with van der Waals surface area (Å²) in [4.78, 5) is 23.9. The van der Waals surface area contributed by atoms with Crippen molar-refractivity contribution in [2.45, 2.75) is 38.3 Å². The molecule has 1 saturated heterocycles. The van der Waals surface area contributed by atoms with Crippen LogP contribution in [0.25, 0.3) is 16.8 Å². The second-order valence-corrected chi connectivity index (χ2v) is 10.4. The molecule has 1 aliphatic heterocycles. The SMILES string of the molecule is Cc1nc2cc(-c3cc(NC(=O)c4cnc(C56CC(F)C5C6)o4)c(F)cc3C)cc(N3CCOCC3)n2n1. The molecule has 4 heterocycles. The Morgan fingerprint density at radius 2 is 1.97 bits per heavy atom. The summed E-state index contributed by atoms with van der Waals surface area (Å²) < 4.78 is 41.6. The number of nitrogens with one attached hydrogen (secondary N) is 1. The van der Waals surface area contributed by atoms with E-state index in [0.29, 0.717) is 62.1 Å². The normalized spacial score (nSPS) is 24.3. The Bertz CT molecular complexity index is 1590. The number of amides is 1. The molecular formula is C27H26F2N6O3. The third kappa shape index (κ3) is 3.59. The smallest absolute Gasteiger partial charge is 0.293 e. The molecule has 1 aromatic carbocycles. The number of hydrogen-bond acceptors (Lipinski definition) is 7. The molecule has 3 fully saturated rings. The molecule has 4 aromatic rings. The van der Waals surface area contributed by atoms with Crippen LogP contribution in [0.2, 0.25) is 0 Å². The fourth-order valence-corrected chi connectivity index (χ4v) is 5.83. The number of aromatic nitrogens is 4. The lowest BCUT2D eigenvalue weighted by atomic mass is 9.83. The van der Waals surface area contributed by atoms with Crippen LogP contribution in [0.3, 0.4) is 0 Å². The van der Waals surface area contributed by atoms with Crippen LogP contribution in [0.4, 0.5) is 20.3 Å². The number of alkyl halides is 1. The Hall–Kier alpha value is -3.86. The first-order valence-electron chi connectivity index (χ1n) is 12.7. The van der Waals surface area contributed by atoms with Crippen molar-refractivity contribution in [2.24, 2.45) is 5.92 Å². The lowest BCUT2D eigenvalue weighted by molar-refractivity contribution is 0.0986. The Kier molecular flexibility index (Phi) is 5.10. The highest BCUT2D eigenvalue weighted by Gasteiger charge is 2.71. The average Bonchev–Trinajstić information content (AvgIpc) is 3.19. The van der Waals surface area contributed by atoms with Crippen LogP contribution in [0.5, 0.6) is 0 Å². The number of halogens is 2. The Balaban J connectivity index is 1.21. The highest BCUT2D eigenvalue weighted by atomic mass is 19.1. The molecule has 7 rings (SSSR count). The first-order valence-corrected chi connectivity index (χ1v) is 12.7. The van der Waals surface area contributed by atoms with Gasteiger partial charge in [0.2, 0.25) is 11.7 Å². The number of anilines is 2. The number of pyridine rings is 1. The summed E-state index contributed by atoms with van der Waals surface area (Å²) in [5.74, 6) is 0.634. The molecule has 11 heteroatoms. The van der Waals surface area contributed by atoms with Gasteiger partial charge < -0.3 is 19.4 Å². The van der Waals surface area contributed by atoms with E-state index in [-0.39, 0.29) is 22.8 Å². The van der Waals surface area contributed by atoms with E-state index in [4.69, 9.17) is 9.15 Å².